The molecule has 1 aromatic carbocycles. The van der Waals surface area contributed by atoms with Crippen LogP contribution in [0.1, 0.15) is 15.2 Å². The van der Waals surface area contributed by atoms with Gasteiger partial charge >= 0.3 is 0 Å². The molecule has 0 aliphatic rings. The Balaban J connectivity index is 2.05. The molecule has 2 rings (SSSR count). The van der Waals surface area contributed by atoms with Gasteiger partial charge in [-0.05, 0) is 18.2 Å². The third kappa shape index (κ3) is 3.69. The number of carbonyl (C=O) groups is 1. The predicted octanol–water partition coefficient (Wildman–Crippen LogP) is 4.49. The van der Waals surface area contributed by atoms with Gasteiger partial charge in [-0.3, -0.25) is 4.79 Å². The lowest BCUT2D eigenvalue weighted by Gasteiger charge is -2.09. The Hall–Kier alpha value is -1.17. The molecule has 0 spiro atoms. The number of ether oxygens (including phenoxy) is 2. The molecule has 0 aliphatic heterocycles. The highest BCUT2D eigenvalue weighted by Crippen LogP contribution is 2.31. The first-order valence-electron chi connectivity index (χ1n) is 5.77. The minimum absolute atomic E-state index is 0.0137. The van der Waals surface area contributed by atoms with Gasteiger partial charge in [0.15, 0.2) is 0 Å². The number of benzene rings is 1. The average Bonchev–Trinajstić information content (AvgIpc) is 2.91. The lowest BCUT2D eigenvalue weighted by molar-refractivity contribution is 0.109. The summed E-state index contributed by atoms with van der Waals surface area (Å²) in [5, 5.41) is 0.0137. The number of rotatable bonds is 5. The first-order chi connectivity index (χ1) is 9.63. The Labute approximate surface area is 130 Å². The Morgan fingerprint density at radius 2 is 2.05 bits per heavy atom. The third-order valence-corrected chi connectivity index (χ3v) is 4.92. The Kier molecular flexibility index (Phi) is 5.34. The van der Waals surface area contributed by atoms with Crippen LogP contribution < -0.4 is 9.47 Å². The fourth-order valence-electron chi connectivity index (χ4n) is 1.61. The van der Waals surface area contributed by atoms with E-state index in [1.54, 1.807) is 26.4 Å². The van der Waals surface area contributed by atoms with Crippen molar-refractivity contribution in [2.24, 2.45) is 0 Å². The standard InChI is InChI=1S/C14H13ClO3S2/c1-17-10-4-3-9(11(7-10)18-2)8-19-14(16)12-5-6-13(15)20-12/h3-7H,8H2,1-2H3. The molecule has 0 radical (unpaired) electrons. The van der Waals surface area contributed by atoms with Gasteiger partial charge in [0.1, 0.15) is 11.5 Å². The van der Waals surface area contributed by atoms with Crippen LogP contribution in [0, 0.1) is 0 Å². The highest BCUT2D eigenvalue weighted by atomic mass is 35.5. The minimum atomic E-state index is 0.0137. The van der Waals surface area contributed by atoms with Crippen molar-refractivity contribution in [3.05, 3.63) is 45.1 Å². The summed E-state index contributed by atoms with van der Waals surface area (Å²) in [6.07, 6.45) is 0. The zero-order valence-electron chi connectivity index (χ0n) is 11.0. The van der Waals surface area contributed by atoms with Crippen molar-refractivity contribution in [3.63, 3.8) is 0 Å². The Morgan fingerprint density at radius 3 is 2.65 bits per heavy atom. The maximum atomic E-state index is 12.0. The number of thiophene rings is 1. The number of thioether (sulfide) groups is 1. The molecule has 0 N–H and O–H groups in total. The Morgan fingerprint density at radius 1 is 1.25 bits per heavy atom. The van der Waals surface area contributed by atoms with Gasteiger partial charge in [0.05, 0.1) is 23.4 Å². The lowest BCUT2D eigenvalue weighted by Crippen LogP contribution is -1.95. The number of halogens is 1. The maximum Gasteiger partial charge on any atom is 0.229 e. The molecule has 0 saturated heterocycles. The molecule has 0 atom stereocenters. The zero-order valence-corrected chi connectivity index (χ0v) is 13.4. The van der Waals surface area contributed by atoms with Crippen LogP contribution in [-0.2, 0) is 5.75 Å². The summed E-state index contributed by atoms with van der Waals surface area (Å²) in [5.41, 5.74) is 0.953. The zero-order chi connectivity index (χ0) is 14.5. The van der Waals surface area contributed by atoms with Gasteiger partial charge in [-0.1, -0.05) is 29.4 Å². The van der Waals surface area contributed by atoms with E-state index in [2.05, 4.69) is 0 Å². The number of methoxy groups -OCH3 is 2. The molecule has 0 unspecified atom stereocenters. The van der Waals surface area contributed by atoms with Crippen molar-refractivity contribution in [2.45, 2.75) is 5.75 Å². The van der Waals surface area contributed by atoms with E-state index in [9.17, 15) is 4.79 Å². The van der Waals surface area contributed by atoms with E-state index < -0.39 is 0 Å². The van der Waals surface area contributed by atoms with Gasteiger partial charge in [0.25, 0.3) is 0 Å². The molecular weight excluding hydrogens is 316 g/mol. The van der Waals surface area contributed by atoms with Crippen molar-refractivity contribution in [1.82, 2.24) is 0 Å². The van der Waals surface area contributed by atoms with Crippen LogP contribution >= 0.6 is 34.7 Å². The number of hydrogen-bond acceptors (Lipinski definition) is 5. The van der Waals surface area contributed by atoms with Gasteiger partial charge in [-0.15, -0.1) is 11.3 Å². The second-order valence-corrected chi connectivity index (χ2v) is 6.52. The van der Waals surface area contributed by atoms with Crippen molar-refractivity contribution in [1.29, 1.82) is 0 Å². The van der Waals surface area contributed by atoms with E-state index in [-0.39, 0.29) is 5.12 Å². The number of hydrogen-bond donors (Lipinski definition) is 0. The third-order valence-electron chi connectivity index (χ3n) is 2.63. The molecule has 2 aromatic rings. The van der Waals surface area contributed by atoms with Crippen LogP contribution in [0.3, 0.4) is 0 Å². The van der Waals surface area contributed by atoms with Crippen LogP contribution in [0.2, 0.25) is 4.34 Å². The van der Waals surface area contributed by atoms with Gasteiger partial charge < -0.3 is 9.47 Å². The van der Waals surface area contributed by atoms with Crippen LogP contribution in [0.15, 0.2) is 30.3 Å². The predicted molar refractivity (Wildman–Crippen MR) is 84.5 cm³/mol. The van der Waals surface area contributed by atoms with E-state index in [0.717, 1.165) is 11.3 Å². The fourth-order valence-corrected chi connectivity index (χ4v) is 3.52. The maximum absolute atomic E-state index is 12.0. The molecule has 6 heteroatoms. The SMILES string of the molecule is COc1ccc(CSC(=O)c2ccc(Cl)s2)c(OC)c1. The normalized spacial score (nSPS) is 10.3. The molecule has 20 heavy (non-hydrogen) atoms. The molecule has 0 fully saturated rings. The summed E-state index contributed by atoms with van der Waals surface area (Å²) in [6.45, 7) is 0. The van der Waals surface area contributed by atoms with E-state index in [1.807, 2.05) is 18.2 Å². The molecule has 0 amide bonds. The van der Waals surface area contributed by atoms with Crippen LogP contribution in [0.5, 0.6) is 11.5 Å². The molecule has 0 saturated carbocycles. The van der Waals surface area contributed by atoms with Crippen molar-refractivity contribution < 1.29 is 14.3 Å². The Bertz CT molecular complexity index is 610. The monoisotopic (exact) mass is 328 g/mol. The average molecular weight is 329 g/mol. The number of carbonyl (C=O) groups excluding carboxylic acids is 1. The molecular formula is C14H13ClO3S2. The van der Waals surface area contributed by atoms with Gasteiger partial charge in [-0.25, -0.2) is 0 Å². The fraction of sp³-hybridized carbons (Fsp3) is 0.214. The van der Waals surface area contributed by atoms with Crippen molar-refractivity contribution >= 4 is 39.8 Å². The van der Waals surface area contributed by atoms with E-state index in [1.165, 1.54) is 23.1 Å². The minimum Gasteiger partial charge on any atom is -0.497 e. The smallest absolute Gasteiger partial charge is 0.229 e. The van der Waals surface area contributed by atoms with Gasteiger partial charge in [-0.2, -0.15) is 0 Å². The second kappa shape index (κ2) is 7.02. The first kappa shape index (κ1) is 15.2. The largest absolute Gasteiger partial charge is 0.497 e. The highest BCUT2D eigenvalue weighted by molar-refractivity contribution is 8.13. The van der Waals surface area contributed by atoms with Gasteiger partial charge in [0.2, 0.25) is 5.12 Å². The molecule has 3 nitrogen and oxygen atoms in total. The lowest BCUT2D eigenvalue weighted by atomic mass is 10.2. The van der Waals surface area contributed by atoms with Crippen LogP contribution in [0.25, 0.3) is 0 Å². The molecule has 106 valence electrons. The topological polar surface area (TPSA) is 35.5 Å². The summed E-state index contributed by atoms with van der Waals surface area (Å²) >= 11 is 8.35. The highest BCUT2D eigenvalue weighted by Gasteiger charge is 2.12. The molecule has 0 aliphatic carbocycles. The molecule has 1 aromatic heterocycles. The summed E-state index contributed by atoms with van der Waals surface area (Å²) in [4.78, 5) is 12.7. The van der Waals surface area contributed by atoms with Crippen LogP contribution in [-0.4, -0.2) is 19.3 Å². The summed E-state index contributed by atoms with van der Waals surface area (Å²) in [6, 6.07) is 9.04. The van der Waals surface area contributed by atoms with Gasteiger partial charge in [0, 0.05) is 17.4 Å². The van der Waals surface area contributed by atoms with Crippen LogP contribution in [0.4, 0.5) is 0 Å². The van der Waals surface area contributed by atoms with Crippen molar-refractivity contribution in [3.8, 4) is 11.5 Å². The van der Waals surface area contributed by atoms with Crippen molar-refractivity contribution in [2.75, 3.05) is 14.2 Å². The first-order valence-corrected chi connectivity index (χ1v) is 7.95. The van der Waals surface area contributed by atoms with E-state index in [0.29, 0.717) is 20.7 Å². The molecule has 1 heterocycles. The second-order valence-electron chi connectivity index (χ2n) is 3.86. The van der Waals surface area contributed by atoms with E-state index >= 15 is 0 Å². The summed E-state index contributed by atoms with van der Waals surface area (Å²) in [5.74, 6) is 1.99. The quantitative estimate of drug-likeness (QED) is 0.810. The summed E-state index contributed by atoms with van der Waals surface area (Å²) in [7, 11) is 3.21. The summed E-state index contributed by atoms with van der Waals surface area (Å²) < 4.78 is 11.1. The van der Waals surface area contributed by atoms with E-state index in [4.69, 9.17) is 21.1 Å². The molecule has 0 bridgehead atoms.